The van der Waals surface area contributed by atoms with E-state index < -0.39 is 4.92 Å². The Morgan fingerprint density at radius 1 is 1.15 bits per heavy atom. The summed E-state index contributed by atoms with van der Waals surface area (Å²) in [5.74, 6) is 0.753. The third-order valence-electron chi connectivity index (χ3n) is 4.88. The molecule has 1 aliphatic heterocycles. The zero-order valence-corrected chi connectivity index (χ0v) is 14.8. The van der Waals surface area contributed by atoms with Crippen LogP contribution in [0.15, 0.2) is 48.5 Å². The lowest BCUT2D eigenvalue weighted by atomic mass is 9.94. The van der Waals surface area contributed by atoms with Crippen LogP contribution in [0.4, 0.5) is 5.69 Å². The summed E-state index contributed by atoms with van der Waals surface area (Å²) < 4.78 is 5.21. The second kappa shape index (κ2) is 7.99. The molecule has 0 bridgehead atoms. The van der Waals surface area contributed by atoms with E-state index in [0.29, 0.717) is 13.1 Å². The molecule has 0 N–H and O–H groups in total. The smallest absolute Gasteiger partial charge is 0.282 e. The van der Waals surface area contributed by atoms with Crippen molar-refractivity contribution in [3.05, 3.63) is 69.8 Å². The first-order valence-corrected chi connectivity index (χ1v) is 8.77. The molecule has 1 amide bonds. The van der Waals surface area contributed by atoms with E-state index in [2.05, 4.69) is 0 Å². The highest BCUT2D eigenvalue weighted by Crippen LogP contribution is 2.29. The zero-order chi connectivity index (χ0) is 18.5. The molecule has 0 aliphatic carbocycles. The van der Waals surface area contributed by atoms with Gasteiger partial charge < -0.3 is 9.64 Å². The molecule has 1 heterocycles. The molecule has 3 rings (SSSR count). The number of ether oxygens (including phenoxy) is 1. The average molecular weight is 354 g/mol. The standard InChI is InChI=1S/C20H22N2O4/c1-26-17-11-9-15(10-12-17)16-6-4-5-13-21(14-16)20(23)18-7-2-3-8-19(18)22(24)25/h2-3,7-12,16H,4-6,13-14H2,1H3. The topological polar surface area (TPSA) is 72.7 Å². The van der Waals surface area contributed by atoms with Crippen LogP contribution in [0.3, 0.4) is 0 Å². The lowest BCUT2D eigenvalue weighted by molar-refractivity contribution is -0.385. The van der Waals surface area contributed by atoms with E-state index in [-0.39, 0.29) is 23.1 Å². The van der Waals surface area contributed by atoms with Crippen molar-refractivity contribution in [3.8, 4) is 5.75 Å². The van der Waals surface area contributed by atoms with Gasteiger partial charge >= 0.3 is 0 Å². The number of hydrogen-bond acceptors (Lipinski definition) is 4. The summed E-state index contributed by atoms with van der Waals surface area (Å²) >= 11 is 0. The Labute approximate surface area is 152 Å². The number of nitrogens with zero attached hydrogens (tertiary/aromatic N) is 2. The lowest BCUT2D eigenvalue weighted by Gasteiger charge is -2.25. The first-order valence-electron chi connectivity index (χ1n) is 8.77. The van der Waals surface area contributed by atoms with Gasteiger partial charge in [0.25, 0.3) is 11.6 Å². The van der Waals surface area contributed by atoms with Gasteiger partial charge in [-0.05, 0) is 36.6 Å². The van der Waals surface area contributed by atoms with Crippen LogP contribution in [0.25, 0.3) is 0 Å². The van der Waals surface area contributed by atoms with Gasteiger partial charge in [0.1, 0.15) is 11.3 Å². The van der Waals surface area contributed by atoms with Crippen molar-refractivity contribution in [1.29, 1.82) is 0 Å². The Morgan fingerprint density at radius 3 is 2.58 bits per heavy atom. The largest absolute Gasteiger partial charge is 0.497 e. The van der Waals surface area contributed by atoms with Gasteiger partial charge in [0.15, 0.2) is 0 Å². The van der Waals surface area contributed by atoms with Crippen LogP contribution in [0.1, 0.15) is 41.1 Å². The quantitative estimate of drug-likeness (QED) is 0.614. The van der Waals surface area contributed by atoms with E-state index in [4.69, 9.17) is 4.74 Å². The molecule has 2 aromatic rings. The van der Waals surface area contributed by atoms with Gasteiger partial charge in [-0.3, -0.25) is 14.9 Å². The Hall–Kier alpha value is -2.89. The van der Waals surface area contributed by atoms with Crippen LogP contribution >= 0.6 is 0 Å². The predicted octanol–water partition coefficient (Wildman–Crippen LogP) is 4.01. The van der Waals surface area contributed by atoms with Crippen molar-refractivity contribution in [3.63, 3.8) is 0 Å². The van der Waals surface area contributed by atoms with Gasteiger partial charge in [-0.15, -0.1) is 0 Å². The van der Waals surface area contributed by atoms with E-state index in [1.54, 1.807) is 24.1 Å². The van der Waals surface area contributed by atoms with Gasteiger partial charge in [-0.1, -0.05) is 30.7 Å². The summed E-state index contributed by atoms with van der Waals surface area (Å²) in [6.45, 7) is 1.19. The summed E-state index contributed by atoms with van der Waals surface area (Å²) in [5.41, 5.74) is 1.18. The Bertz CT molecular complexity index is 789. The third kappa shape index (κ3) is 3.85. The first kappa shape index (κ1) is 17.9. The molecule has 1 aliphatic rings. The number of carbonyl (C=O) groups excluding carboxylic acids is 1. The van der Waals surface area contributed by atoms with Crippen LogP contribution in [0.2, 0.25) is 0 Å². The normalized spacial score (nSPS) is 17.4. The fourth-order valence-electron chi connectivity index (χ4n) is 3.46. The monoisotopic (exact) mass is 354 g/mol. The second-order valence-electron chi connectivity index (χ2n) is 6.49. The van der Waals surface area contributed by atoms with E-state index in [0.717, 1.165) is 30.6 Å². The number of rotatable bonds is 4. The molecule has 0 radical (unpaired) electrons. The number of nitro benzene ring substituents is 1. The van der Waals surface area contributed by atoms with E-state index in [9.17, 15) is 14.9 Å². The van der Waals surface area contributed by atoms with Crippen molar-refractivity contribution in [2.75, 3.05) is 20.2 Å². The van der Waals surface area contributed by atoms with Gasteiger partial charge in [0, 0.05) is 25.1 Å². The number of likely N-dealkylation sites (tertiary alicyclic amines) is 1. The molecule has 26 heavy (non-hydrogen) atoms. The lowest BCUT2D eigenvalue weighted by Crippen LogP contribution is -2.34. The molecule has 2 aromatic carbocycles. The molecule has 0 spiro atoms. The molecular formula is C20H22N2O4. The third-order valence-corrected chi connectivity index (χ3v) is 4.88. The first-order chi connectivity index (χ1) is 12.6. The molecule has 1 saturated heterocycles. The minimum absolute atomic E-state index is 0.136. The molecule has 1 unspecified atom stereocenters. The predicted molar refractivity (Wildman–Crippen MR) is 98.6 cm³/mol. The number of para-hydroxylation sites is 1. The summed E-state index contributed by atoms with van der Waals surface area (Å²) in [7, 11) is 1.63. The van der Waals surface area contributed by atoms with Crippen LogP contribution in [0.5, 0.6) is 5.75 Å². The van der Waals surface area contributed by atoms with Crippen molar-refractivity contribution >= 4 is 11.6 Å². The van der Waals surface area contributed by atoms with Crippen molar-refractivity contribution in [2.24, 2.45) is 0 Å². The van der Waals surface area contributed by atoms with Crippen LogP contribution in [-0.4, -0.2) is 35.9 Å². The van der Waals surface area contributed by atoms with E-state index >= 15 is 0 Å². The van der Waals surface area contributed by atoms with Gasteiger partial charge in [0.2, 0.25) is 0 Å². The number of nitro groups is 1. The fraction of sp³-hybridized carbons (Fsp3) is 0.350. The van der Waals surface area contributed by atoms with Crippen LogP contribution < -0.4 is 4.74 Å². The molecule has 6 heteroatoms. The molecule has 6 nitrogen and oxygen atoms in total. The summed E-state index contributed by atoms with van der Waals surface area (Å²) in [5, 5.41) is 11.2. The number of hydrogen-bond donors (Lipinski definition) is 0. The van der Waals surface area contributed by atoms with Gasteiger partial charge in [-0.25, -0.2) is 0 Å². The maximum Gasteiger partial charge on any atom is 0.282 e. The SMILES string of the molecule is COc1ccc(C2CCCCN(C(=O)c3ccccc3[N+](=O)[O-])C2)cc1. The zero-order valence-electron chi connectivity index (χ0n) is 14.8. The molecule has 136 valence electrons. The number of carbonyl (C=O) groups is 1. The molecule has 1 atom stereocenters. The Balaban J connectivity index is 1.83. The minimum atomic E-state index is -0.494. The highest BCUT2D eigenvalue weighted by Gasteiger charge is 2.28. The molecular weight excluding hydrogens is 332 g/mol. The molecule has 0 aromatic heterocycles. The minimum Gasteiger partial charge on any atom is -0.497 e. The maximum atomic E-state index is 13.0. The molecule has 0 saturated carbocycles. The highest BCUT2D eigenvalue weighted by atomic mass is 16.6. The van der Waals surface area contributed by atoms with Gasteiger partial charge in [-0.2, -0.15) is 0 Å². The summed E-state index contributed by atoms with van der Waals surface area (Å²) in [6.07, 6.45) is 2.92. The fourth-order valence-corrected chi connectivity index (χ4v) is 3.46. The highest BCUT2D eigenvalue weighted by molar-refractivity contribution is 5.98. The second-order valence-corrected chi connectivity index (χ2v) is 6.49. The summed E-state index contributed by atoms with van der Waals surface area (Å²) in [4.78, 5) is 25.5. The molecule has 1 fully saturated rings. The van der Waals surface area contributed by atoms with Crippen LogP contribution in [-0.2, 0) is 0 Å². The number of methoxy groups -OCH3 is 1. The Morgan fingerprint density at radius 2 is 1.88 bits per heavy atom. The Kier molecular flexibility index (Phi) is 5.51. The van der Waals surface area contributed by atoms with Crippen molar-refractivity contribution in [1.82, 2.24) is 4.90 Å². The summed E-state index contributed by atoms with van der Waals surface area (Å²) in [6, 6.07) is 14.1. The van der Waals surface area contributed by atoms with Crippen LogP contribution in [0, 0.1) is 10.1 Å². The number of amides is 1. The maximum absolute atomic E-state index is 13.0. The van der Waals surface area contributed by atoms with E-state index in [1.165, 1.54) is 12.1 Å². The van der Waals surface area contributed by atoms with E-state index in [1.807, 2.05) is 24.3 Å². The van der Waals surface area contributed by atoms with Crippen molar-refractivity contribution < 1.29 is 14.5 Å². The average Bonchev–Trinajstić information content (AvgIpc) is 2.94. The number of benzene rings is 2. The van der Waals surface area contributed by atoms with Gasteiger partial charge in [0.05, 0.1) is 12.0 Å². The van der Waals surface area contributed by atoms with Crippen molar-refractivity contribution in [2.45, 2.75) is 25.2 Å².